The molecule has 0 aromatic heterocycles. The Morgan fingerprint density at radius 2 is 1.56 bits per heavy atom. The van der Waals surface area contributed by atoms with Crippen molar-refractivity contribution in [3.8, 4) is 0 Å². The molecule has 2 N–H and O–H groups in total. The van der Waals surface area contributed by atoms with Crippen LogP contribution in [0.5, 0.6) is 0 Å². The Morgan fingerprint density at radius 3 is 2.26 bits per heavy atom. The zero-order valence-corrected chi connectivity index (χ0v) is 16.6. The summed E-state index contributed by atoms with van der Waals surface area (Å²) in [7, 11) is -3.76. The van der Waals surface area contributed by atoms with Gasteiger partial charge in [-0.05, 0) is 48.0 Å². The van der Waals surface area contributed by atoms with E-state index in [0.717, 1.165) is 10.0 Å². The second kappa shape index (κ2) is 8.37. The van der Waals surface area contributed by atoms with Gasteiger partial charge in [0.1, 0.15) is 0 Å². The van der Waals surface area contributed by atoms with E-state index >= 15 is 0 Å². The second-order valence-electron chi connectivity index (χ2n) is 5.85. The van der Waals surface area contributed by atoms with Gasteiger partial charge in [-0.2, -0.15) is 0 Å². The fraction of sp³-hybridized carbons (Fsp3) is 0.0500. The molecule has 0 unspecified atom stereocenters. The molecule has 27 heavy (non-hydrogen) atoms. The molecule has 7 heteroatoms. The van der Waals surface area contributed by atoms with E-state index < -0.39 is 10.0 Å². The number of carbonyl (C=O) groups excluding carboxylic acids is 1. The quantitative estimate of drug-likeness (QED) is 0.590. The third-order valence-electron chi connectivity index (χ3n) is 3.73. The lowest BCUT2D eigenvalue weighted by atomic mass is 10.1. The van der Waals surface area contributed by atoms with E-state index in [4.69, 9.17) is 0 Å². The van der Waals surface area contributed by atoms with E-state index in [2.05, 4.69) is 26.0 Å². The maximum Gasteiger partial charge on any atom is 0.261 e. The van der Waals surface area contributed by atoms with Gasteiger partial charge < -0.3 is 5.32 Å². The van der Waals surface area contributed by atoms with Gasteiger partial charge >= 0.3 is 0 Å². The predicted molar refractivity (Wildman–Crippen MR) is 110 cm³/mol. The molecule has 0 aliphatic carbocycles. The number of benzene rings is 3. The second-order valence-corrected chi connectivity index (χ2v) is 8.45. The van der Waals surface area contributed by atoms with Crippen LogP contribution in [0, 0.1) is 0 Å². The largest absolute Gasteiger partial charge is 0.326 e. The molecule has 0 fully saturated rings. The van der Waals surface area contributed by atoms with Crippen LogP contribution in [0.1, 0.15) is 5.56 Å². The maximum atomic E-state index is 12.6. The molecule has 0 atom stereocenters. The summed E-state index contributed by atoms with van der Waals surface area (Å²) in [6.45, 7) is 0. The molecule has 0 radical (unpaired) electrons. The molecule has 138 valence electrons. The third-order valence-corrected chi connectivity index (χ3v) is 5.64. The molecule has 0 spiro atoms. The first-order valence-electron chi connectivity index (χ1n) is 8.15. The van der Waals surface area contributed by atoms with Crippen LogP contribution < -0.4 is 10.0 Å². The highest BCUT2D eigenvalue weighted by atomic mass is 79.9. The average molecular weight is 445 g/mol. The van der Waals surface area contributed by atoms with Crippen molar-refractivity contribution in [2.75, 3.05) is 10.0 Å². The number of nitrogens with one attached hydrogen (secondary N) is 2. The zero-order chi connectivity index (χ0) is 19.3. The molecule has 0 heterocycles. The number of sulfonamides is 1. The minimum absolute atomic E-state index is 0.0722. The van der Waals surface area contributed by atoms with Crippen LogP contribution in [0.3, 0.4) is 0 Å². The van der Waals surface area contributed by atoms with Gasteiger partial charge in [0.15, 0.2) is 0 Å². The number of halogens is 1. The van der Waals surface area contributed by atoms with Gasteiger partial charge in [-0.3, -0.25) is 9.52 Å². The van der Waals surface area contributed by atoms with Crippen LogP contribution in [0.25, 0.3) is 0 Å². The lowest BCUT2D eigenvalue weighted by molar-refractivity contribution is -0.115. The van der Waals surface area contributed by atoms with Crippen LogP contribution in [-0.4, -0.2) is 14.3 Å². The summed E-state index contributed by atoms with van der Waals surface area (Å²) in [5, 5.41) is 2.74. The summed E-state index contributed by atoms with van der Waals surface area (Å²) >= 11 is 3.31. The van der Waals surface area contributed by atoms with Crippen LogP contribution in [0.4, 0.5) is 11.4 Å². The van der Waals surface area contributed by atoms with Crippen molar-refractivity contribution in [2.24, 2.45) is 0 Å². The molecule has 1 amide bonds. The van der Waals surface area contributed by atoms with E-state index in [9.17, 15) is 13.2 Å². The summed E-state index contributed by atoms with van der Waals surface area (Å²) in [4.78, 5) is 12.3. The summed E-state index contributed by atoms with van der Waals surface area (Å²) in [6, 6.07) is 22.3. The van der Waals surface area contributed by atoms with Crippen molar-refractivity contribution in [3.63, 3.8) is 0 Å². The van der Waals surface area contributed by atoms with Crippen molar-refractivity contribution in [3.05, 3.63) is 88.9 Å². The highest BCUT2D eigenvalue weighted by Gasteiger charge is 2.15. The fourth-order valence-electron chi connectivity index (χ4n) is 2.46. The molecule has 3 rings (SSSR count). The van der Waals surface area contributed by atoms with Crippen LogP contribution in [0.2, 0.25) is 0 Å². The zero-order valence-electron chi connectivity index (χ0n) is 14.2. The van der Waals surface area contributed by atoms with E-state index in [0.29, 0.717) is 11.4 Å². The Labute approximate surface area is 166 Å². The van der Waals surface area contributed by atoms with E-state index in [1.54, 1.807) is 36.4 Å². The van der Waals surface area contributed by atoms with E-state index in [1.165, 1.54) is 12.1 Å². The first-order valence-corrected chi connectivity index (χ1v) is 10.4. The molecule has 0 bridgehead atoms. The SMILES string of the molecule is O=C(Cc1ccccc1)Nc1cccc(S(=O)(=O)Nc2ccc(Br)cc2)c1. The lowest BCUT2D eigenvalue weighted by Crippen LogP contribution is -2.16. The molecule has 0 saturated carbocycles. The predicted octanol–water partition coefficient (Wildman–Crippen LogP) is 4.43. The van der Waals surface area contributed by atoms with Gasteiger partial charge in [0.25, 0.3) is 10.0 Å². The maximum absolute atomic E-state index is 12.6. The average Bonchev–Trinajstić information content (AvgIpc) is 2.64. The van der Waals surface area contributed by atoms with Crippen molar-refractivity contribution < 1.29 is 13.2 Å². The van der Waals surface area contributed by atoms with Crippen molar-refractivity contribution in [1.29, 1.82) is 0 Å². The number of amides is 1. The third kappa shape index (κ3) is 5.42. The van der Waals surface area contributed by atoms with Crippen molar-refractivity contribution >= 4 is 43.2 Å². The van der Waals surface area contributed by atoms with Gasteiger partial charge in [-0.25, -0.2) is 8.42 Å². The monoisotopic (exact) mass is 444 g/mol. The summed E-state index contributed by atoms with van der Waals surface area (Å²) in [6.07, 6.45) is 0.217. The molecule has 0 saturated heterocycles. The smallest absolute Gasteiger partial charge is 0.261 e. The summed E-state index contributed by atoms with van der Waals surface area (Å²) < 4.78 is 28.5. The number of hydrogen-bond acceptors (Lipinski definition) is 3. The van der Waals surface area contributed by atoms with Gasteiger partial charge in [-0.15, -0.1) is 0 Å². The molecule has 0 aliphatic rings. The van der Waals surface area contributed by atoms with Gasteiger partial charge in [0, 0.05) is 15.8 Å². The first kappa shape index (κ1) is 19.1. The highest BCUT2D eigenvalue weighted by molar-refractivity contribution is 9.10. The number of carbonyl (C=O) groups is 1. The topological polar surface area (TPSA) is 75.3 Å². The standard InChI is InChI=1S/C20H17BrN2O3S/c21-16-9-11-17(12-10-16)23-27(25,26)19-8-4-7-18(14-19)22-20(24)13-15-5-2-1-3-6-15/h1-12,14,23H,13H2,(H,22,24). The normalized spacial score (nSPS) is 11.0. The number of hydrogen-bond donors (Lipinski definition) is 2. The molecular weight excluding hydrogens is 428 g/mol. The van der Waals surface area contributed by atoms with Crippen molar-refractivity contribution in [2.45, 2.75) is 11.3 Å². The molecular formula is C20H17BrN2O3S. The Hall–Kier alpha value is -2.64. The van der Waals surface area contributed by atoms with Gasteiger partial charge in [-0.1, -0.05) is 52.3 Å². The Morgan fingerprint density at radius 1 is 0.852 bits per heavy atom. The van der Waals surface area contributed by atoms with Crippen molar-refractivity contribution in [1.82, 2.24) is 0 Å². The Bertz CT molecular complexity index is 1040. The van der Waals surface area contributed by atoms with E-state index in [1.807, 2.05) is 30.3 Å². The fourth-order valence-corrected chi connectivity index (χ4v) is 3.83. The molecule has 3 aromatic rings. The summed E-state index contributed by atoms with van der Waals surface area (Å²) in [5.41, 5.74) is 1.77. The molecule has 3 aromatic carbocycles. The Balaban J connectivity index is 1.72. The number of anilines is 2. The minimum atomic E-state index is -3.76. The number of rotatable bonds is 6. The van der Waals surface area contributed by atoms with Gasteiger partial charge in [0.05, 0.1) is 11.3 Å². The molecule has 0 aliphatic heterocycles. The first-order chi connectivity index (χ1) is 12.9. The Kier molecular flexibility index (Phi) is 5.93. The molecule has 5 nitrogen and oxygen atoms in total. The summed E-state index contributed by atoms with van der Waals surface area (Å²) in [5.74, 6) is -0.211. The minimum Gasteiger partial charge on any atom is -0.326 e. The van der Waals surface area contributed by atoms with E-state index in [-0.39, 0.29) is 17.2 Å². The lowest BCUT2D eigenvalue weighted by Gasteiger charge is -2.10. The van der Waals surface area contributed by atoms with Crippen LogP contribution in [-0.2, 0) is 21.2 Å². The van der Waals surface area contributed by atoms with Crippen LogP contribution in [0.15, 0.2) is 88.2 Å². The highest BCUT2D eigenvalue weighted by Crippen LogP contribution is 2.21. The van der Waals surface area contributed by atoms with Crippen LogP contribution >= 0.6 is 15.9 Å². The van der Waals surface area contributed by atoms with Gasteiger partial charge in [0.2, 0.25) is 5.91 Å².